The first kappa shape index (κ1) is 24.7. The van der Waals surface area contributed by atoms with E-state index in [1.165, 1.54) is 38.3 Å². The van der Waals surface area contributed by atoms with E-state index >= 15 is 0 Å². The molecule has 0 unspecified atom stereocenters. The Morgan fingerprint density at radius 1 is 1.11 bits per heavy atom. The first-order valence-corrected chi connectivity index (χ1v) is 12.8. The molecule has 1 fully saturated rings. The van der Waals surface area contributed by atoms with E-state index in [1.807, 2.05) is 31.2 Å². The number of amides is 3. The highest BCUT2D eigenvalue weighted by Crippen LogP contribution is 2.28. The molecule has 184 valence electrons. The van der Waals surface area contributed by atoms with Gasteiger partial charge in [-0.05, 0) is 49.4 Å². The number of hydrogen-bond donors (Lipinski definition) is 3. The van der Waals surface area contributed by atoms with Crippen molar-refractivity contribution in [3.63, 3.8) is 0 Å². The number of primary amides is 1. The lowest BCUT2D eigenvalue weighted by Gasteiger charge is -2.23. The highest BCUT2D eigenvalue weighted by Gasteiger charge is 2.23. The number of carbonyl (C=O) groups is 3. The van der Waals surface area contributed by atoms with Crippen molar-refractivity contribution in [2.75, 3.05) is 5.32 Å². The molecule has 4 N–H and O–H groups in total. The van der Waals surface area contributed by atoms with Gasteiger partial charge in [0.05, 0.1) is 27.3 Å². The summed E-state index contributed by atoms with van der Waals surface area (Å²) in [5.41, 5.74) is 7.90. The second-order valence-corrected chi connectivity index (χ2v) is 10.2. The van der Waals surface area contributed by atoms with Gasteiger partial charge in [0.2, 0.25) is 5.91 Å². The SMILES string of the molecule is Cc1ccccc1-n1cc(C(=O)Nc2ccc(C(=O)N[C@@H](CCC3CCCCC3)C(N)=O)s2)cn1. The normalized spacial score (nSPS) is 14.9. The Hall–Kier alpha value is -3.46. The molecule has 9 heteroatoms. The van der Waals surface area contributed by atoms with Gasteiger partial charge in [-0.15, -0.1) is 11.3 Å². The largest absolute Gasteiger partial charge is 0.368 e. The summed E-state index contributed by atoms with van der Waals surface area (Å²) < 4.78 is 1.66. The fourth-order valence-corrected chi connectivity index (χ4v) is 5.30. The first-order valence-electron chi connectivity index (χ1n) is 12.0. The second kappa shape index (κ2) is 11.3. The number of aryl methyl sites for hydroxylation is 1. The van der Waals surface area contributed by atoms with E-state index in [2.05, 4.69) is 15.7 Å². The van der Waals surface area contributed by atoms with Gasteiger partial charge in [0.15, 0.2) is 0 Å². The topological polar surface area (TPSA) is 119 Å². The summed E-state index contributed by atoms with van der Waals surface area (Å²) >= 11 is 1.15. The Labute approximate surface area is 208 Å². The second-order valence-electron chi connectivity index (χ2n) is 9.09. The fraction of sp³-hybridized carbons (Fsp3) is 0.385. The van der Waals surface area contributed by atoms with E-state index in [-0.39, 0.29) is 11.8 Å². The van der Waals surface area contributed by atoms with Crippen LogP contribution in [0.1, 0.15) is 70.5 Å². The molecule has 2 heterocycles. The molecule has 1 aliphatic rings. The number of thiophene rings is 1. The van der Waals surface area contributed by atoms with Gasteiger partial charge in [-0.3, -0.25) is 14.4 Å². The molecule has 0 saturated heterocycles. The summed E-state index contributed by atoms with van der Waals surface area (Å²) in [6, 6.07) is 10.4. The maximum absolute atomic E-state index is 12.7. The van der Waals surface area contributed by atoms with Gasteiger partial charge in [-0.25, -0.2) is 4.68 Å². The lowest BCUT2D eigenvalue weighted by atomic mass is 9.85. The number of nitrogens with two attached hydrogens (primary N) is 1. The van der Waals surface area contributed by atoms with Crippen LogP contribution in [0.25, 0.3) is 5.69 Å². The molecular formula is C26H31N5O3S. The van der Waals surface area contributed by atoms with Crippen molar-refractivity contribution in [1.29, 1.82) is 0 Å². The highest BCUT2D eigenvalue weighted by atomic mass is 32.1. The number of nitrogens with one attached hydrogen (secondary N) is 2. The Kier molecular flexibility index (Phi) is 7.97. The van der Waals surface area contributed by atoms with Gasteiger partial charge >= 0.3 is 0 Å². The van der Waals surface area contributed by atoms with E-state index in [9.17, 15) is 14.4 Å². The van der Waals surface area contributed by atoms with Crippen LogP contribution in [0.5, 0.6) is 0 Å². The number of benzene rings is 1. The van der Waals surface area contributed by atoms with Crippen LogP contribution in [0.15, 0.2) is 48.8 Å². The molecule has 4 rings (SSSR count). The molecule has 3 aromatic rings. The maximum Gasteiger partial charge on any atom is 0.262 e. The minimum atomic E-state index is -0.697. The molecule has 1 aliphatic carbocycles. The van der Waals surface area contributed by atoms with Gasteiger partial charge < -0.3 is 16.4 Å². The van der Waals surface area contributed by atoms with Crippen molar-refractivity contribution in [2.45, 2.75) is 57.9 Å². The van der Waals surface area contributed by atoms with Crippen molar-refractivity contribution in [2.24, 2.45) is 11.7 Å². The average Bonchev–Trinajstić information content (AvgIpc) is 3.53. The number of rotatable bonds is 9. The lowest BCUT2D eigenvalue weighted by molar-refractivity contribution is -0.120. The molecule has 0 bridgehead atoms. The van der Waals surface area contributed by atoms with Gasteiger partial charge in [0.1, 0.15) is 6.04 Å². The summed E-state index contributed by atoms with van der Waals surface area (Å²) in [5, 5.41) is 10.4. The van der Waals surface area contributed by atoms with E-state index in [0.29, 0.717) is 27.8 Å². The number of hydrogen-bond acceptors (Lipinski definition) is 5. The molecule has 35 heavy (non-hydrogen) atoms. The standard InChI is InChI=1S/C26H31N5O3S/c1-17-7-5-6-10-21(17)31-16-19(15-28-31)25(33)30-23-14-13-22(35-23)26(34)29-20(24(27)32)12-11-18-8-3-2-4-9-18/h5-7,10,13-16,18,20H,2-4,8-9,11-12H2,1H3,(H2,27,32)(H,29,34)(H,30,33)/t20-/m0/s1. The number of para-hydroxylation sites is 1. The third-order valence-electron chi connectivity index (χ3n) is 6.51. The van der Waals surface area contributed by atoms with Gasteiger partial charge in [0, 0.05) is 6.20 Å². The Morgan fingerprint density at radius 2 is 1.89 bits per heavy atom. The zero-order valence-corrected chi connectivity index (χ0v) is 20.6. The number of carbonyl (C=O) groups excluding carboxylic acids is 3. The monoisotopic (exact) mass is 493 g/mol. The molecule has 1 atom stereocenters. The van der Waals surface area contributed by atoms with Crippen molar-refractivity contribution in [3.8, 4) is 5.69 Å². The molecular weight excluding hydrogens is 462 g/mol. The molecule has 0 spiro atoms. The van der Waals surface area contributed by atoms with Crippen molar-refractivity contribution >= 4 is 34.1 Å². The lowest BCUT2D eigenvalue weighted by Crippen LogP contribution is -2.44. The number of aromatic nitrogens is 2. The van der Waals surface area contributed by atoms with Crippen LogP contribution in [-0.2, 0) is 4.79 Å². The quantitative estimate of drug-likeness (QED) is 0.408. The maximum atomic E-state index is 12.7. The molecule has 1 aromatic carbocycles. The van der Waals surface area contributed by atoms with Gasteiger partial charge in [-0.2, -0.15) is 5.10 Å². The number of anilines is 1. The first-order chi connectivity index (χ1) is 16.9. The van der Waals surface area contributed by atoms with Gasteiger partial charge in [0.25, 0.3) is 11.8 Å². The molecule has 2 aromatic heterocycles. The predicted molar refractivity (Wildman–Crippen MR) is 137 cm³/mol. The highest BCUT2D eigenvalue weighted by molar-refractivity contribution is 7.18. The van der Waals surface area contributed by atoms with Crippen molar-refractivity contribution < 1.29 is 14.4 Å². The summed E-state index contributed by atoms with van der Waals surface area (Å²) in [6.45, 7) is 1.98. The van der Waals surface area contributed by atoms with Crippen molar-refractivity contribution in [3.05, 3.63) is 64.8 Å². The third-order valence-corrected chi connectivity index (χ3v) is 7.51. The van der Waals surface area contributed by atoms with Crippen LogP contribution in [0, 0.1) is 12.8 Å². The fourth-order valence-electron chi connectivity index (χ4n) is 4.50. The molecule has 1 saturated carbocycles. The Morgan fingerprint density at radius 3 is 2.63 bits per heavy atom. The predicted octanol–water partition coefficient (Wildman–Crippen LogP) is 4.44. The summed E-state index contributed by atoms with van der Waals surface area (Å²) in [5.74, 6) is -0.609. The van der Waals surface area contributed by atoms with Crippen LogP contribution in [0.2, 0.25) is 0 Å². The van der Waals surface area contributed by atoms with Gasteiger partial charge in [-0.1, -0.05) is 50.3 Å². The minimum Gasteiger partial charge on any atom is -0.368 e. The van der Waals surface area contributed by atoms with Crippen LogP contribution < -0.4 is 16.4 Å². The van der Waals surface area contributed by atoms with Crippen LogP contribution in [-0.4, -0.2) is 33.5 Å². The van der Waals surface area contributed by atoms with E-state index in [1.54, 1.807) is 23.0 Å². The van der Waals surface area contributed by atoms with E-state index in [4.69, 9.17) is 5.73 Å². The summed E-state index contributed by atoms with van der Waals surface area (Å²) in [4.78, 5) is 37.8. The molecule has 3 amide bonds. The summed E-state index contributed by atoms with van der Waals surface area (Å²) in [6.07, 6.45) is 10.7. The average molecular weight is 494 g/mol. The Balaban J connectivity index is 1.34. The van der Waals surface area contributed by atoms with E-state index < -0.39 is 11.9 Å². The third kappa shape index (κ3) is 6.36. The Bertz CT molecular complexity index is 1200. The van der Waals surface area contributed by atoms with E-state index in [0.717, 1.165) is 29.0 Å². The molecule has 8 nitrogen and oxygen atoms in total. The summed E-state index contributed by atoms with van der Waals surface area (Å²) in [7, 11) is 0. The molecule has 0 radical (unpaired) electrons. The molecule has 0 aliphatic heterocycles. The zero-order valence-electron chi connectivity index (χ0n) is 19.8. The van der Waals surface area contributed by atoms with Crippen molar-refractivity contribution in [1.82, 2.24) is 15.1 Å². The van der Waals surface area contributed by atoms with Crippen LogP contribution in [0.4, 0.5) is 5.00 Å². The van der Waals surface area contributed by atoms with Crippen LogP contribution in [0.3, 0.4) is 0 Å². The number of nitrogens with zero attached hydrogens (tertiary/aromatic N) is 2. The van der Waals surface area contributed by atoms with Crippen LogP contribution >= 0.6 is 11.3 Å². The minimum absolute atomic E-state index is 0.318. The smallest absolute Gasteiger partial charge is 0.262 e. The zero-order chi connectivity index (χ0) is 24.8.